The zero-order valence-corrected chi connectivity index (χ0v) is 13.4. The molecule has 0 saturated carbocycles. The minimum absolute atomic E-state index is 0.0394. The minimum Gasteiger partial charge on any atom is -0.370 e. The Hall–Kier alpha value is -0.620. The monoisotopic (exact) mass is 371 g/mol. The molecule has 0 spiro atoms. The van der Waals surface area contributed by atoms with Gasteiger partial charge in [-0.05, 0) is 73.0 Å². The van der Waals surface area contributed by atoms with E-state index in [-0.39, 0.29) is 17.6 Å². The van der Waals surface area contributed by atoms with Gasteiger partial charge >= 0.3 is 0 Å². The van der Waals surface area contributed by atoms with Gasteiger partial charge in [0.25, 0.3) is 0 Å². The third-order valence-corrected chi connectivity index (χ3v) is 4.59. The quantitative estimate of drug-likeness (QED) is 0.748. The van der Waals surface area contributed by atoms with E-state index in [2.05, 4.69) is 54.6 Å². The summed E-state index contributed by atoms with van der Waals surface area (Å²) in [4.78, 5) is 14.1. The Morgan fingerprint density at radius 1 is 1.47 bits per heavy atom. The summed E-state index contributed by atoms with van der Waals surface area (Å²) < 4.78 is 7.19. The normalized spacial score (nSPS) is 24.9. The molecular formula is C15H18INO2. The molecule has 2 aliphatic heterocycles. The number of ether oxygens (including phenoxy) is 1. The van der Waals surface area contributed by atoms with E-state index in [1.165, 1.54) is 3.57 Å². The van der Waals surface area contributed by atoms with Crippen LogP contribution in [0, 0.1) is 3.57 Å². The van der Waals surface area contributed by atoms with Crippen LogP contribution in [0.2, 0.25) is 0 Å². The van der Waals surface area contributed by atoms with Gasteiger partial charge in [0.05, 0.1) is 24.7 Å². The fourth-order valence-electron chi connectivity index (χ4n) is 2.96. The maximum atomic E-state index is 12.2. The van der Waals surface area contributed by atoms with E-state index >= 15 is 0 Å². The van der Waals surface area contributed by atoms with Crippen LogP contribution >= 0.6 is 22.6 Å². The highest BCUT2D eigenvalue weighted by Gasteiger charge is 2.36. The van der Waals surface area contributed by atoms with Gasteiger partial charge in [-0.3, -0.25) is 4.79 Å². The van der Waals surface area contributed by atoms with E-state index in [4.69, 9.17) is 4.74 Å². The molecule has 1 aromatic carbocycles. The standard InChI is InChI=1S/C15H18INO2/c1-15(2)6-5-12(19-15)9-17-13-4-3-11(16)7-10(13)8-14(17)18/h3-4,7,12H,5-6,8-9H2,1-2H3. The van der Waals surface area contributed by atoms with Crippen LogP contribution in [-0.4, -0.2) is 24.2 Å². The molecule has 0 radical (unpaired) electrons. The summed E-state index contributed by atoms with van der Waals surface area (Å²) in [6.07, 6.45) is 2.81. The van der Waals surface area contributed by atoms with E-state index in [9.17, 15) is 4.79 Å². The Morgan fingerprint density at radius 3 is 2.95 bits per heavy atom. The Morgan fingerprint density at radius 2 is 2.26 bits per heavy atom. The van der Waals surface area contributed by atoms with Crippen LogP contribution in [0.3, 0.4) is 0 Å². The zero-order valence-electron chi connectivity index (χ0n) is 11.3. The van der Waals surface area contributed by atoms with Crippen molar-refractivity contribution in [2.45, 2.75) is 44.8 Å². The lowest BCUT2D eigenvalue weighted by Crippen LogP contribution is -2.35. The van der Waals surface area contributed by atoms with Crippen LogP contribution < -0.4 is 4.90 Å². The van der Waals surface area contributed by atoms with E-state index < -0.39 is 0 Å². The van der Waals surface area contributed by atoms with Gasteiger partial charge in [0.1, 0.15) is 0 Å². The van der Waals surface area contributed by atoms with Crippen molar-refractivity contribution in [2.24, 2.45) is 0 Å². The van der Waals surface area contributed by atoms with E-state index in [0.29, 0.717) is 13.0 Å². The molecule has 1 saturated heterocycles. The van der Waals surface area contributed by atoms with E-state index in [1.54, 1.807) is 0 Å². The first kappa shape index (κ1) is 13.4. The van der Waals surface area contributed by atoms with Gasteiger partial charge in [0, 0.05) is 9.26 Å². The molecule has 1 atom stereocenters. The number of anilines is 1. The number of carbonyl (C=O) groups excluding carboxylic acids is 1. The van der Waals surface area contributed by atoms with Gasteiger partial charge in [-0.1, -0.05) is 0 Å². The van der Waals surface area contributed by atoms with Crippen LogP contribution in [0.5, 0.6) is 0 Å². The van der Waals surface area contributed by atoms with Gasteiger partial charge in [-0.15, -0.1) is 0 Å². The third-order valence-electron chi connectivity index (χ3n) is 3.92. The minimum atomic E-state index is -0.0394. The molecule has 2 heterocycles. The lowest BCUT2D eigenvalue weighted by Gasteiger charge is -2.24. The van der Waals surface area contributed by atoms with Crippen molar-refractivity contribution in [3.63, 3.8) is 0 Å². The molecule has 1 fully saturated rings. The molecule has 4 heteroatoms. The Labute approximate surface area is 127 Å². The topological polar surface area (TPSA) is 29.5 Å². The largest absolute Gasteiger partial charge is 0.370 e. The Balaban J connectivity index is 1.78. The van der Waals surface area contributed by atoms with Gasteiger partial charge in [-0.2, -0.15) is 0 Å². The zero-order chi connectivity index (χ0) is 13.6. The van der Waals surface area contributed by atoms with Crippen molar-refractivity contribution < 1.29 is 9.53 Å². The molecule has 0 bridgehead atoms. The second kappa shape index (κ2) is 4.74. The summed E-state index contributed by atoms with van der Waals surface area (Å²) in [5.41, 5.74) is 2.18. The fraction of sp³-hybridized carbons (Fsp3) is 0.533. The van der Waals surface area contributed by atoms with Crippen molar-refractivity contribution >= 4 is 34.2 Å². The van der Waals surface area contributed by atoms with Crippen molar-refractivity contribution in [2.75, 3.05) is 11.4 Å². The van der Waals surface area contributed by atoms with Gasteiger partial charge in [0.15, 0.2) is 0 Å². The van der Waals surface area contributed by atoms with Crippen LogP contribution in [0.25, 0.3) is 0 Å². The maximum absolute atomic E-state index is 12.2. The van der Waals surface area contributed by atoms with E-state index in [0.717, 1.165) is 24.1 Å². The molecule has 1 aromatic rings. The first-order valence-corrected chi connectivity index (χ1v) is 7.79. The summed E-state index contributed by atoms with van der Waals surface area (Å²) >= 11 is 2.29. The number of hydrogen-bond acceptors (Lipinski definition) is 2. The number of nitrogens with zero attached hydrogens (tertiary/aromatic N) is 1. The number of halogens is 1. The number of amides is 1. The van der Waals surface area contributed by atoms with Gasteiger partial charge in [0.2, 0.25) is 5.91 Å². The molecular weight excluding hydrogens is 353 g/mol. The fourth-order valence-corrected chi connectivity index (χ4v) is 3.52. The SMILES string of the molecule is CC1(C)CCC(CN2C(=O)Cc3cc(I)ccc32)O1. The highest BCUT2D eigenvalue weighted by Crippen LogP contribution is 2.34. The third kappa shape index (κ3) is 2.65. The summed E-state index contributed by atoms with van der Waals surface area (Å²) in [6, 6.07) is 6.22. The van der Waals surface area contributed by atoms with Crippen molar-refractivity contribution in [3.8, 4) is 0 Å². The predicted molar refractivity (Wildman–Crippen MR) is 83.4 cm³/mol. The number of carbonyl (C=O) groups is 1. The molecule has 19 heavy (non-hydrogen) atoms. The molecule has 0 aromatic heterocycles. The molecule has 3 rings (SSSR count). The number of fused-ring (bicyclic) bond motifs is 1. The first-order chi connectivity index (χ1) is 8.94. The number of hydrogen-bond donors (Lipinski definition) is 0. The highest BCUT2D eigenvalue weighted by molar-refractivity contribution is 14.1. The molecule has 0 aliphatic carbocycles. The smallest absolute Gasteiger partial charge is 0.231 e. The predicted octanol–water partition coefficient (Wildman–Crippen LogP) is 3.14. The Kier molecular flexibility index (Phi) is 3.33. The van der Waals surface area contributed by atoms with Crippen LogP contribution in [-0.2, 0) is 16.0 Å². The molecule has 1 unspecified atom stereocenters. The average Bonchev–Trinajstić information content (AvgIpc) is 2.80. The van der Waals surface area contributed by atoms with Crippen molar-refractivity contribution in [3.05, 3.63) is 27.3 Å². The average molecular weight is 371 g/mol. The second-order valence-corrected chi connectivity index (χ2v) is 7.24. The van der Waals surface area contributed by atoms with Crippen molar-refractivity contribution in [1.82, 2.24) is 0 Å². The second-order valence-electron chi connectivity index (χ2n) is 5.99. The van der Waals surface area contributed by atoms with Crippen LogP contribution in [0.15, 0.2) is 18.2 Å². The molecule has 2 aliphatic rings. The summed E-state index contributed by atoms with van der Waals surface area (Å²) in [5, 5.41) is 0. The van der Waals surface area contributed by atoms with Crippen LogP contribution in [0.4, 0.5) is 5.69 Å². The molecule has 0 N–H and O–H groups in total. The number of rotatable bonds is 2. The molecule has 3 nitrogen and oxygen atoms in total. The summed E-state index contributed by atoms with van der Waals surface area (Å²) in [5.74, 6) is 0.199. The first-order valence-electron chi connectivity index (χ1n) is 6.71. The maximum Gasteiger partial charge on any atom is 0.231 e. The van der Waals surface area contributed by atoms with Gasteiger partial charge in [-0.25, -0.2) is 0 Å². The Bertz CT molecular complexity index is 527. The lowest BCUT2D eigenvalue weighted by atomic mass is 10.1. The summed E-state index contributed by atoms with van der Waals surface area (Å²) in [6.45, 7) is 4.93. The molecule has 102 valence electrons. The molecule has 1 amide bonds. The number of benzene rings is 1. The lowest BCUT2D eigenvalue weighted by molar-refractivity contribution is -0.118. The van der Waals surface area contributed by atoms with E-state index in [1.807, 2.05) is 4.90 Å². The van der Waals surface area contributed by atoms with Crippen LogP contribution in [0.1, 0.15) is 32.3 Å². The van der Waals surface area contributed by atoms with Gasteiger partial charge < -0.3 is 9.64 Å². The summed E-state index contributed by atoms with van der Waals surface area (Å²) in [7, 11) is 0. The van der Waals surface area contributed by atoms with Crippen molar-refractivity contribution in [1.29, 1.82) is 0 Å². The highest BCUT2D eigenvalue weighted by atomic mass is 127.